The van der Waals surface area contributed by atoms with Crippen LogP contribution in [0.5, 0.6) is 11.5 Å². The molecule has 2 heterocycles. The molecule has 1 unspecified atom stereocenters. The lowest BCUT2D eigenvalue weighted by atomic mass is 10.1. The van der Waals surface area contributed by atoms with Gasteiger partial charge in [-0.3, -0.25) is 9.48 Å². The van der Waals surface area contributed by atoms with Crippen molar-refractivity contribution in [2.24, 2.45) is 0 Å². The van der Waals surface area contributed by atoms with E-state index in [0.717, 1.165) is 28.1 Å². The smallest absolute Gasteiger partial charge is 0.331 e. The van der Waals surface area contributed by atoms with Gasteiger partial charge in [-0.2, -0.15) is 5.10 Å². The summed E-state index contributed by atoms with van der Waals surface area (Å²) >= 11 is 6.27. The number of esters is 1. The van der Waals surface area contributed by atoms with E-state index in [4.69, 9.17) is 25.8 Å². The van der Waals surface area contributed by atoms with Crippen molar-refractivity contribution in [1.82, 2.24) is 15.1 Å². The number of fused-ring (bicyclic) bond motifs is 1. The minimum absolute atomic E-state index is 0.187. The number of nitrogens with zero attached hydrogens (tertiary/aromatic N) is 2. The van der Waals surface area contributed by atoms with Gasteiger partial charge >= 0.3 is 5.97 Å². The fraction of sp³-hybridized carbons (Fsp3) is 0.269. The van der Waals surface area contributed by atoms with Crippen molar-refractivity contribution >= 4 is 29.6 Å². The fourth-order valence-electron chi connectivity index (χ4n) is 3.70. The second-order valence-electron chi connectivity index (χ2n) is 8.15. The summed E-state index contributed by atoms with van der Waals surface area (Å²) in [7, 11) is 0. The predicted molar refractivity (Wildman–Crippen MR) is 131 cm³/mol. The fourth-order valence-corrected chi connectivity index (χ4v) is 3.89. The Balaban J connectivity index is 1.31. The molecule has 1 amide bonds. The minimum Gasteiger partial charge on any atom is -0.454 e. The third-order valence-corrected chi connectivity index (χ3v) is 6.04. The lowest BCUT2D eigenvalue weighted by Crippen LogP contribution is -2.35. The first-order valence-electron chi connectivity index (χ1n) is 11.1. The highest BCUT2D eigenvalue weighted by Gasteiger charge is 2.18. The van der Waals surface area contributed by atoms with E-state index in [1.165, 1.54) is 13.0 Å². The van der Waals surface area contributed by atoms with Gasteiger partial charge in [0.25, 0.3) is 5.91 Å². The summed E-state index contributed by atoms with van der Waals surface area (Å²) < 4.78 is 17.7. The Labute approximate surface area is 208 Å². The molecule has 1 aliphatic rings. The van der Waals surface area contributed by atoms with Crippen LogP contribution in [0, 0.1) is 13.8 Å². The molecule has 0 saturated heterocycles. The number of hydrogen-bond donors (Lipinski definition) is 1. The first-order valence-corrected chi connectivity index (χ1v) is 11.5. The number of aromatic nitrogens is 2. The van der Waals surface area contributed by atoms with E-state index in [1.807, 2.05) is 48.9 Å². The van der Waals surface area contributed by atoms with Crippen LogP contribution in [0.1, 0.15) is 35.0 Å². The molecular formula is C26H26ClN3O5. The molecule has 1 atom stereocenters. The van der Waals surface area contributed by atoms with E-state index in [2.05, 4.69) is 10.4 Å². The molecule has 0 radical (unpaired) electrons. The lowest BCUT2D eigenvalue weighted by Gasteiger charge is -2.12. The van der Waals surface area contributed by atoms with E-state index in [-0.39, 0.29) is 13.3 Å². The normalized spacial score (nSPS) is 13.1. The zero-order chi connectivity index (χ0) is 24.9. The highest BCUT2D eigenvalue weighted by molar-refractivity contribution is 6.31. The summed E-state index contributed by atoms with van der Waals surface area (Å²) in [5, 5.41) is 7.99. The maximum absolute atomic E-state index is 12.4. The number of carbonyl (C=O) groups excluding carboxylic acids is 2. The quantitative estimate of drug-likeness (QED) is 0.372. The van der Waals surface area contributed by atoms with Gasteiger partial charge in [0.05, 0.1) is 12.2 Å². The third-order valence-electron chi connectivity index (χ3n) is 5.67. The molecule has 0 aliphatic carbocycles. The van der Waals surface area contributed by atoms with Crippen LogP contribution in [0.2, 0.25) is 5.02 Å². The van der Waals surface area contributed by atoms with E-state index < -0.39 is 18.0 Å². The standard InChI is InChI=1S/C26H26ClN3O5/c1-16-21(17(2)30(29-16)14-20-6-4-5-7-22(20)27)9-11-25(31)35-18(3)26(32)28-13-19-8-10-23-24(12-19)34-15-33-23/h4-12,18H,13-15H2,1-3H3,(H,28,32). The zero-order valence-electron chi connectivity index (χ0n) is 19.7. The summed E-state index contributed by atoms with van der Waals surface area (Å²) in [6.45, 7) is 6.30. The van der Waals surface area contributed by atoms with Crippen LogP contribution >= 0.6 is 11.6 Å². The summed E-state index contributed by atoms with van der Waals surface area (Å²) in [6, 6.07) is 13.0. The second-order valence-corrected chi connectivity index (χ2v) is 8.56. The number of rotatable bonds is 8. The average molecular weight is 496 g/mol. The van der Waals surface area contributed by atoms with Crippen molar-refractivity contribution in [3.05, 3.63) is 81.6 Å². The monoisotopic (exact) mass is 495 g/mol. The van der Waals surface area contributed by atoms with Crippen LogP contribution in [0.4, 0.5) is 0 Å². The number of nitrogens with one attached hydrogen (secondary N) is 1. The van der Waals surface area contributed by atoms with Gasteiger partial charge < -0.3 is 19.5 Å². The molecule has 0 bridgehead atoms. The number of carbonyl (C=O) groups is 2. The number of benzene rings is 2. The van der Waals surface area contributed by atoms with Gasteiger partial charge in [-0.05, 0) is 56.2 Å². The summed E-state index contributed by atoms with van der Waals surface area (Å²) in [5.41, 5.74) is 4.28. The molecule has 8 nitrogen and oxygen atoms in total. The predicted octanol–water partition coefficient (Wildman–Crippen LogP) is 4.19. The highest BCUT2D eigenvalue weighted by atomic mass is 35.5. The highest BCUT2D eigenvalue weighted by Crippen LogP contribution is 2.32. The number of halogens is 1. The molecule has 0 spiro atoms. The Hall–Kier alpha value is -3.78. The molecule has 9 heteroatoms. The van der Waals surface area contributed by atoms with Crippen LogP contribution < -0.4 is 14.8 Å². The minimum atomic E-state index is -0.952. The maximum Gasteiger partial charge on any atom is 0.331 e. The van der Waals surface area contributed by atoms with Gasteiger partial charge in [-0.15, -0.1) is 0 Å². The SMILES string of the molecule is Cc1nn(Cc2ccccc2Cl)c(C)c1C=CC(=O)OC(C)C(=O)NCc1ccc2c(c1)OCO2. The zero-order valence-corrected chi connectivity index (χ0v) is 20.5. The number of amides is 1. The van der Waals surface area contributed by atoms with Crippen LogP contribution in [0.15, 0.2) is 48.5 Å². The Morgan fingerprint density at radius 2 is 1.97 bits per heavy atom. The maximum atomic E-state index is 12.4. The summed E-state index contributed by atoms with van der Waals surface area (Å²) in [6.07, 6.45) is 2.00. The van der Waals surface area contributed by atoms with Gasteiger partial charge in [-0.25, -0.2) is 4.79 Å². The van der Waals surface area contributed by atoms with Crippen molar-refractivity contribution < 1.29 is 23.8 Å². The molecule has 0 saturated carbocycles. The van der Waals surface area contributed by atoms with E-state index in [0.29, 0.717) is 23.1 Å². The summed E-state index contributed by atoms with van der Waals surface area (Å²) in [5.74, 6) is 0.300. The first kappa shape index (κ1) is 24.3. The van der Waals surface area contributed by atoms with Gasteiger partial charge in [0.1, 0.15) is 0 Å². The van der Waals surface area contributed by atoms with Crippen LogP contribution in [0.3, 0.4) is 0 Å². The molecule has 3 aromatic rings. The Kier molecular flexibility index (Phi) is 7.41. The van der Waals surface area contributed by atoms with Crippen molar-refractivity contribution in [1.29, 1.82) is 0 Å². The summed E-state index contributed by atoms with van der Waals surface area (Å²) in [4.78, 5) is 24.7. The van der Waals surface area contributed by atoms with Crippen molar-refractivity contribution in [2.75, 3.05) is 6.79 Å². The van der Waals surface area contributed by atoms with Crippen molar-refractivity contribution in [2.45, 2.75) is 40.0 Å². The van der Waals surface area contributed by atoms with Gasteiger partial charge in [0.2, 0.25) is 6.79 Å². The van der Waals surface area contributed by atoms with Crippen LogP contribution in [-0.2, 0) is 27.4 Å². The second kappa shape index (κ2) is 10.7. The molecule has 0 fully saturated rings. The Morgan fingerprint density at radius 3 is 2.77 bits per heavy atom. The van der Waals surface area contributed by atoms with Gasteiger partial charge in [-0.1, -0.05) is 35.9 Å². The van der Waals surface area contributed by atoms with Gasteiger partial charge in [0, 0.05) is 28.9 Å². The van der Waals surface area contributed by atoms with E-state index >= 15 is 0 Å². The molecule has 2 aromatic carbocycles. The first-order chi connectivity index (χ1) is 16.8. The van der Waals surface area contributed by atoms with Crippen LogP contribution in [0.25, 0.3) is 6.08 Å². The van der Waals surface area contributed by atoms with Gasteiger partial charge in [0.15, 0.2) is 17.6 Å². The number of ether oxygens (including phenoxy) is 3. The molecule has 35 heavy (non-hydrogen) atoms. The average Bonchev–Trinajstić information content (AvgIpc) is 3.41. The topological polar surface area (TPSA) is 91.7 Å². The van der Waals surface area contributed by atoms with Crippen LogP contribution in [-0.4, -0.2) is 34.6 Å². The molecular weight excluding hydrogens is 470 g/mol. The molecule has 4 rings (SSSR count). The lowest BCUT2D eigenvalue weighted by molar-refractivity contribution is -0.150. The largest absolute Gasteiger partial charge is 0.454 e. The molecule has 1 aliphatic heterocycles. The molecule has 182 valence electrons. The third kappa shape index (κ3) is 5.84. The number of hydrogen-bond acceptors (Lipinski definition) is 6. The number of aryl methyl sites for hydroxylation is 1. The van der Waals surface area contributed by atoms with Crippen molar-refractivity contribution in [3.8, 4) is 11.5 Å². The Morgan fingerprint density at radius 1 is 1.20 bits per heavy atom. The van der Waals surface area contributed by atoms with E-state index in [9.17, 15) is 9.59 Å². The Bertz CT molecular complexity index is 1280. The van der Waals surface area contributed by atoms with E-state index in [1.54, 1.807) is 18.2 Å². The molecule has 1 N–H and O–H groups in total. The molecule has 1 aromatic heterocycles. The van der Waals surface area contributed by atoms with Crippen molar-refractivity contribution in [3.63, 3.8) is 0 Å².